The molecule has 1 fully saturated rings. The molecule has 0 saturated carbocycles. The number of fused-ring (bicyclic) bond motifs is 1. The Morgan fingerprint density at radius 1 is 1.29 bits per heavy atom. The SMILES string of the molecule is O=S1(=O)CC[C@H](Cc2nnc(SCc3nc4ccccc4s3)o2)C1. The van der Waals surface area contributed by atoms with Crippen molar-refractivity contribution >= 4 is 43.2 Å². The van der Waals surface area contributed by atoms with E-state index < -0.39 is 9.84 Å². The molecule has 24 heavy (non-hydrogen) atoms. The van der Waals surface area contributed by atoms with Crippen LogP contribution in [-0.2, 0) is 22.0 Å². The zero-order valence-electron chi connectivity index (χ0n) is 12.7. The lowest BCUT2D eigenvalue weighted by molar-refractivity contribution is 0.389. The summed E-state index contributed by atoms with van der Waals surface area (Å²) in [6.07, 6.45) is 1.22. The second kappa shape index (κ2) is 6.45. The van der Waals surface area contributed by atoms with Gasteiger partial charge in [-0.05, 0) is 24.5 Å². The van der Waals surface area contributed by atoms with Crippen LogP contribution < -0.4 is 0 Å². The van der Waals surface area contributed by atoms with Crippen molar-refractivity contribution < 1.29 is 12.8 Å². The number of hydrogen-bond acceptors (Lipinski definition) is 8. The molecule has 0 N–H and O–H groups in total. The molecule has 0 radical (unpaired) electrons. The van der Waals surface area contributed by atoms with Crippen LogP contribution in [0.3, 0.4) is 0 Å². The minimum Gasteiger partial charge on any atom is -0.416 e. The Bertz CT molecular complexity index is 931. The zero-order chi connectivity index (χ0) is 16.6. The molecular weight excluding hydrogens is 366 g/mol. The fourth-order valence-corrected chi connectivity index (χ4v) is 6.37. The van der Waals surface area contributed by atoms with Crippen LogP contribution in [0.25, 0.3) is 10.2 Å². The first-order valence-corrected chi connectivity index (χ1v) is 11.2. The van der Waals surface area contributed by atoms with E-state index in [0.717, 1.165) is 10.5 Å². The maximum absolute atomic E-state index is 11.5. The smallest absolute Gasteiger partial charge is 0.276 e. The van der Waals surface area contributed by atoms with Crippen molar-refractivity contribution in [2.75, 3.05) is 11.5 Å². The van der Waals surface area contributed by atoms with E-state index in [-0.39, 0.29) is 17.4 Å². The highest BCUT2D eigenvalue weighted by Crippen LogP contribution is 2.29. The molecule has 3 heterocycles. The molecule has 3 aromatic rings. The Morgan fingerprint density at radius 3 is 2.96 bits per heavy atom. The number of aromatic nitrogens is 3. The monoisotopic (exact) mass is 381 g/mol. The standard InChI is InChI=1S/C15H15N3O3S3/c19-24(20)6-5-10(9-24)7-13-17-18-15(21-13)22-8-14-16-11-3-1-2-4-12(11)23-14/h1-4,10H,5-9H2/t10-/m1/s1. The van der Waals surface area contributed by atoms with E-state index in [2.05, 4.69) is 21.2 Å². The Balaban J connectivity index is 1.37. The van der Waals surface area contributed by atoms with Crippen LogP contribution >= 0.6 is 23.1 Å². The molecule has 6 nitrogen and oxygen atoms in total. The number of para-hydroxylation sites is 1. The fourth-order valence-electron chi connectivity index (χ4n) is 2.76. The summed E-state index contributed by atoms with van der Waals surface area (Å²) in [6.45, 7) is 0. The number of thioether (sulfide) groups is 1. The highest BCUT2D eigenvalue weighted by Gasteiger charge is 2.29. The Kier molecular flexibility index (Phi) is 4.31. The number of hydrogen-bond donors (Lipinski definition) is 0. The van der Waals surface area contributed by atoms with Crippen molar-refractivity contribution in [1.82, 2.24) is 15.2 Å². The van der Waals surface area contributed by atoms with Gasteiger partial charge in [0.1, 0.15) is 5.01 Å². The molecule has 4 rings (SSSR count). The topological polar surface area (TPSA) is 86.0 Å². The number of rotatable bonds is 5. The van der Waals surface area contributed by atoms with Crippen LogP contribution in [0, 0.1) is 5.92 Å². The summed E-state index contributed by atoms with van der Waals surface area (Å²) in [5.74, 6) is 1.79. The Morgan fingerprint density at radius 2 is 2.17 bits per heavy atom. The first kappa shape index (κ1) is 16.0. The van der Waals surface area contributed by atoms with Gasteiger partial charge in [-0.3, -0.25) is 0 Å². The third-order valence-corrected chi connectivity index (χ3v) is 7.78. The summed E-state index contributed by atoms with van der Waals surface area (Å²) in [5, 5.41) is 9.59. The fraction of sp³-hybridized carbons (Fsp3) is 0.400. The molecule has 0 spiro atoms. The van der Waals surface area contributed by atoms with Gasteiger partial charge in [-0.2, -0.15) is 0 Å². The molecule has 0 bridgehead atoms. The van der Waals surface area contributed by atoms with E-state index in [1.165, 1.54) is 16.5 Å². The van der Waals surface area contributed by atoms with Crippen molar-refractivity contribution in [2.24, 2.45) is 5.92 Å². The lowest BCUT2D eigenvalue weighted by Gasteiger charge is -2.01. The minimum atomic E-state index is -2.87. The predicted molar refractivity (Wildman–Crippen MR) is 93.9 cm³/mol. The number of nitrogens with zero attached hydrogens (tertiary/aromatic N) is 3. The van der Waals surface area contributed by atoms with Gasteiger partial charge < -0.3 is 4.42 Å². The van der Waals surface area contributed by atoms with Crippen LogP contribution in [-0.4, -0.2) is 35.1 Å². The summed E-state index contributed by atoms with van der Waals surface area (Å²) in [4.78, 5) is 4.57. The van der Waals surface area contributed by atoms with E-state index in [4.69, 9.17) is 4.42 Å². The molecule has 0 amide bonds. The maximum Gasteiger partial charge on any atom is 0.276 e. The quantitative estimate of drug-likeness (QED) is 0.628. The van der Waals surface area contributed by atoms with Crippen molar-refractivity contribution in [3.63, 3.8) is 0 Å². The van der Waals surface area contributed by atoms with Crippen molar-refractivity contribution in [2.45, 2.75) is 23.8 Å². The molecule has 9 heteroatoms. The van der Waals surface area contributed by atoms with Gasteiger partial charge in [-0.15, -0.1) is 21.5 Å². The molecule has 2 aromatic heterocycles. The number of sulfone groups is 1. The predicted octanol–water partition coefficient (Wildman–Crippen LogP) is 2.95. The third-order valence-electron chi connectivity index (χ3n) is 3.90. The van der Waals surface area contributed by atoms with Gasteiger partial charge in [0.15, 0.2) is 9.84 Å². The highest BCUT2D eigenvalue weighted by atomic mass is 32.2. The van der Waals surface area contributed by atoms with E-state index in [9.17, 15) is 8.42 Å². The largest absolute Gasteiger partial charge is 0.416 e. The maximum atomic E-state index is 11.5. The van der Waals surface area contributed by atoms with E-state index >= 15 is 0 Å². The molecule has 1 aliphatic heterocycles. The Labute approximate surface area is 147 Å². The van der Waals surface area contributed by atoms with Crippen molar-refractivity contribution in [3.05, 3.63) is 35.2 Å². The second-order valence-corrected chi connectivity index (χ2v) is 10.1. The van der Waals surface area contributed by atoms with Crippen molar-refractivity contribution in [1.29, 1.82) is 0 Å². The lowest BCUT2D eigenvalue weighted by Crippen LogP contribution is -2.07. The van der Waals surface area contributed by atoms with Crippen LogP contribution in [0.15, 0.2) is 33.9 Å². The minimum absolute atomic E-state index is 0.0950. The first-order chi connectivity index (χ1) is 11.6. The van der Waals surface area contributed by atoms with Gasteiger partial charge in [0.05, 0.1) is 27.5 Å². The Hall–Kier alpha value is -1.45. The second-order valence-electron chi connectivity index (χ2n) is 5.80. The van der Waals surface area contributed by atoms with E-state index in [1.54, 1.807) is 11.3 Å². The average Bonchev–Trinajstić information content (AvgIpc) is 3.24. The van der Waals surface area contributed by atoms with Gasteiger partial charge >= 0.3 is 0 Å². The average molecular weight is 382 g/mol. The first-order valence-electron chi connectivity index (χ1n) is 7.57. The van der Waals surface area contributed by atoms with Gasteiger partial charge in [0, 0.05) is 6.42 Å². The van der Waals surface area contributed by atoms with E-state index in [1.807, 2.05) is 18.2 Å². The van der Waals surface area contributed by atoms with Gasteiger partial charge in [0.25, 0.3) is 5.22 Å². The summed E-state index contributed by atoms with van der Waals surface area (Å²) in [7, 11) is -2.87. The molecule has 0 unspecified atom stereocenters. The summed E-state index contributed by atoms with van der Waals surface area (Å²) < 4.78 is 29.8. The normalized spacial score (nSPS) is 19.9. The number of thiazole rings is 1. The van der Waals surface area contributed by atoms with Crippen LogP contribution in [0.5, 0.6) is 0 Å². The zero-order valence-corrected chi connectivity index (χ0v) is 15.2. The molecular formula is C15H15N3O3S3. The van der Waals surface area contributed by atoms with Crippen LogP contribution in [0.2, 0.25) is 0 Å². The molecule has 1 aliphatic rings. The lowest BCUT2D eigenvalue weighted by atomic mass is 10.1. The van der Waals surface area contributed by atoms with E-state index in [0.29, 0.717) is 29.7 Å². The van der Waals surface area contributed by atoms with Gasteiger partial charge in [0.2, 0.25) is 5.89 Å². The molecule has 126 valence electrons. The van der Waals surface area contributed by atoms with Gasteiger partial charge in [-0.25, -0.2) is 13.4 Å². The van der Waals surface area contributed by atoms with Crippen LogP contribution in [0.1, 0.15) is 17.3 Å². The molecule has 1 atom stereocenters. The third kappa shape index (κ3) is 3.62. The van der Waals surface area contributed by atoms with Gasteiger partial charge in [-0.1, -0.05) is 23.9 Å². The highest BCUT2D eigenvalue weighted by molar-refractivity contribution is 7.98. The van der Waals surface area contributed by atoms with Crippen molar-refractivity contribution in [3.8, 4) is 0 Å². The molecule has 0 aliphatic carbocycles. The number of benzene rings is 1. The molecule has 1 aromatic carbocycles. The van der Waals surface area contributed by atoms with Crippen LogP contribution in [0.4, 0.5) is 0 Å². The summed E-state index contributed by atoms with van der Waals surface area (Å²) >= 11 is 3.12. The summed E-state index contributed by atoms with van der Waals surface area (Å²) in [6, 6.07) is 8.04. The summed E-state index contributed by atoms with van der Waals surface area (Å²) in [5.41, 5.74) is 1.01. The molecule has 1 saturated heterocycles.